The zero-order valence-corrected chi connectivity index (χ0v) is 16.6. The van der Waals surface area contributed by atoms with Gasteiger partial charge in [-0.3, -0.25) is 14.9 Å². The van der Waals surface area contributed by atoms with Crippen LogP contribution in [-0.4, -0.2) is 23.5 Å². The van der Waals surface area contributed by atoms with E-state index in [1.807, 2.05) is 6.07 Å². The molecular weight excluding hydrogens is 424 g/mol. The first-order chi connectivity index (χ1) is 13.5. The highest BCUT2D eigenvalue weighted by molar-refractivity contribution is 9.10. The van der Waals surface area contributed by atoms with Crippen LogP contribution in [0.25, 0.3) is 5.57 Å². The molecule has 1 aliphatic carbocycles. The number of rotatable bonds is 6. The Kier molecular flexibility index (Phi) is 5.09. The fourth-order valence-electron chi connectivity index (χ4n) is 3.00. The van der Waals surface area contributed by atoms with Crippen molar-refractivity contribution in [2.45, 2.75) is 19.4 Å². The van der Waals surface area contributed by atoms with E-state index in [0.717, 1.165) is 10.0 Å². The smallest absolute Gasteiger partial charge is 0.260 e. The maximum Gasteiger partial charge on any atom is 0.260 e. The molecule has 0 atom stereocenters. The minimum atomic E-state index is -0.449. The van der Waals surface area contributed by atoms with E-state index in [9.17, 15) is 14.7 Å². The van der Waals surface area contributed by atoms with Gasteiger partial charge in [0.15, 0.2) is 11.5 Å². The van der Waals surface area contributed by atoms with E-state index in [1.165, 1.54) is 12.8 Å². The van der Waals surface area contributed by atoms with Crippen LogP contribution in [0.2, 0.25) is 0 Å². The van der Waals surface area contributed by atoms with Crippen molar-refractivity contribution >= 4 is 33.3 Å². The van der Waals surface area contributed by atoms with E-state index in [1.54, 1.807) is 36.5 Å². The normalized spacial score (nSPS) is 17.2. The lowest BCUT2D eigenvalue weighted by atomic mass is 9.95. The molecule has 0 unspecified atom stereocenters. The van der Waals surface area contributed by atoms with Gasteiger partial charge in [-0.1, -0.05) is 22.0 Å². The van der Waals surface area contributed by atoms with Crippen molar-refractivity contribution in [1.29, 1.82) is 0 Å². The van der Waals surface area contributed by atoms with Crippen molar-refractivity contribution < 1.29 is 19.4 Å². The Balaban J connectivity index is 1.46. The maximum absolute atomic E-state index is 12.2. The monoisotopic (exact) mass is 442 g/mol. The Hall–Kier alpha value is -2.80. The summed E-state index contributed by atoms with van der Waals surface area (Å²) in [6.45, 7) is 1.05. The van der Waals surface area contributed by atoms with Crippen LogP contribution in [0.5, 0.6) is 11.5 Å². The molecular formula is C21H19BrN2O4. The van der Waals surface area contributed by atoms with Gasteiger partial charge in [0.1, 0.15) is 0 Å². The number of hydrogen-bond donors (Lipinski definition) is 3. The van der Waals surface area contributed by atoms with Crippen molar-refractivity contribution in [2.75, 3.05) is 6.61 Å². The third-order valence-electron chi connectivity index (χ3n) is 4.74. The van der Waals surface area contributed by atoms with Crippen LogP contribution in [0.3, 0.4) is 0 Å². The van der Waals surface area contributed by atoms with E-state index in [4.69, 9.17) is 4.74 Å². The Labute approximate surface area is 170 Å². The minimum Gasteiger partial charge on any atom is -0.504 e. The van der Waals surface area contributed by atoms with E-state index in [-0.39, 0.29) is 5.75 Å². The van der Waals surface area contributed by atoms with Crippen molar-refractivity contribution in [2.24, 2.45) is 5.92 Å². The number of carbonyl (C=O) groups excluding carboxylic acids is 2. The molecule has 0 aromatic heterocycles. The summed E-state index contributed by atoms with van der Waals surface area (Å²) in [7, 11) is 0. The Morgan fingerprint density at radius 1 is 1.14 bits per heavy atom. The molecule has 144 valence electrons. The number of aromatic hydroxyl groups is 1. The number of hydrogen-bond acceptors (Lipinski definition) is 5. The molecule has 1 aliphatic heterocycles. The SMILES string of the molecule is O=C1NC(=O)c2ccc(Br)cc2/C1=C/NCc1ccc(OCC2CC2)c(O)c1. The van der Waals surface area contributed by atoms with Crippen LogP contribution >= 0.6 is 15.9 Å². The lowest BCUT2D eigenvalue weighted by Crippen LogP contribution is -2.37. The molecule has 0 spiro atoms. The first kappa shape index (κ1) is 18.6. The van der Waals surface area contributed by atoms with E-state index >= 15 is 0 Å². The molecule has 7 heteroatoms. The first-order valence-corrected chi connectivity index (χ1v) is 9.84. The van der Waals surface area contributed by atoms with E-state index < -0.39 is 11.8 Å². The number of carbonyl (C=O) groups is 2. The van der Waals surface area contributed by atoms with Gasteiger partial charge in [-0.05, 0) is 54.7 Å². The molecule has 1 saturated carbocycles. The maximum atomic E-state index is 12.2. The summed E-state index contributed by atoms with van der Waals surface area (Å²) >= 11 is 3.37. The summed E-state index contributed by atoms with van der Waals surface area (Å²) < 4.78 is 6.40. The average molecular weight is 443 g/mol. The predicted molar refractivity (Wildman–Crippen MR) is 108 cm³/mol. The van der Waals surface area contributed by atoms with Crippen LogP contribution in [0.1, 0.15) is 34.3 Å². The molecule has 0 saturated heterocycles. The zero-order chi connectivity index (χ0) is 19.7. The van der Waals surface area contributed by atoms with Crippen LogP contribution in [0, 0.1) is 5.92 Å². The van der Waals surface area contributed by atoms with Gasteiger partial charge >= 0.3 is 0 Å². The van der Waals surface area contributed by atoms with Crippen molar-refractivity contribution in [1.82, 2.24) is 10.6 Å². The fourth-order valence-corrected chi connectivity index (χ4v) is 3.36. The number of ether oxygens (including phenoxy) is 1. The second-order valence-corrected chi connectivity index (χ2v) is 7.88. The Bertz CT molecular complexity index is 982. The molecule has 0 radical (unpaired) electrons. The van der Waals surface area contributed by atoms with Crippen LogP contribution < -0.4 is 15.4 Å². The summed E-state index contributed by atoms with van der Waals surface area (Å²) in [5, 5.41) is 15.6. The molecule has 2 aromatic rings. The Morgan fingerprint density at radius 2 is 1.96 bits per heavy atom. The zero-order valence-electron chi connectivity index (χ0n) is 15.0. The summed E-state index contributed by atoms with van der Waals surface area (Å²) in [5.74, 6) is 0.343. The molecule has 4 rings (SSSR count). The highest BCUT2D eigenvalue weighted by Crippen LogP contribution is 2.33. The second kappa shape index (κ2) is 7.67. The van der Waals surface area contributed by atoms with Gasteiger partial charge in [0, 0.05) is 28.3 Å². The lowest BCUT2D eigenvalue weighted by molar-refractivity contribution is -0.114. The lowest BCUT2D eigenvalue weighted by Gasteiger charge is -2.18. The number of phenols is 1. The number of halogens is 1. The van der Waals surface area contributed by atoms with Crippen molar-refractivity contribution in [3.05, 3.63) is 63.8 Å². The largest absolute Gasteiger partial charge is 0.504 e. The van der Waals surface area contributed by atoms with Gasteiger partial charge in [-0.25, -0.2) is 0 Å². The van der Waals surface area contributed by atoms with E-state index in [0.29, 0.717) is 41.5 Å². The second-order valence-electron chi connectivity index (χ2n) is 6.97. The summed E-state index contributed by atoms with van der Waals surface area (Å²) in [5.41, 5.74) is 2.24. The number of imide groups is 1. The number of benzene rings is 2. The molecule has 3 N–H and O–H groups in total. The van der Waals surface area contributed by atoms with Gasteiger partial charge in [-0.15, -0.1) is 0 Å². The molecule has 0 bridgehead atoms. The van der Waals surface area contributed by atoms with Crippen LogP contribution in [-0.2, 0) is 11.3 Å². The molecule has 2 aromatic carbocycles. The van der Waals surface area contributed by atoms with Gasteiger partial charge in [0.25, 0.3) is 11.8 Å². The van der Waals surface area contributed by atoms with Gasteiger partial charge < -0.3 is 15.2 Å². The third-order valence-corrected chi connectivity index (χ3v) is 5.23. The van der Waals surface area contributed by atoms with Crippen molar-refractivity contribution in [3.8, 4) is 11.5 Å². The highest BCUT2D eigenvalue weighted by atomic mass is 79.9. The minimum absolute atomic E-state index is 0.0999. The topological polar surface area (TPSA) is 87.7 Å². The number of nitrogens with one attached hydrogen (secondary N) is 2. The van der Waals surface area contributed by atoms with Gasteiger partial charge in [0.2, 0.25) is 0 Å². The Morgan fingerprint density at radius 3 is 2.71 bits per heavy atom. The average Bonchev–Trinajstić information content (AvgIpc) is 3.48. The van der Waals surface area contributed by atoms with E-state index in [2.05, 4.69) is 26.6 Å². The molecule has 6 nitrogen and oxygen atoms in total. The molecule has 28 heavy (non-hydrogen) atoms. The van der Waals surface area contributed by atoms with Crippen molar-refractivity contribution in [3.63, 3.8) is 0 Å². The predicted octanol–water partition coefficient (Wildman–Crippen LogP) is 3.34. The van der Waals surface area contributed by atoms with Crippen LogP contribution in [0.15, 0.2) is 47.1 Å². The number of fused-ring (bicyclic) bond motifs is 1. The molecule has 2 amide bonds. The fraction of sp³-hybridized carbons (Fsp3) is 0.238. The first-order valence-electron chi connectivity index (χ1n) is 9.05. The van der Waals surface area contributed by atoms with Gasteiger partial charge in [-0.2, -0.15) is 0 Å². The molecule has 1 fully saturated rings. The number of amides is 2. The molecule has 2 aliphatic rings. The number of phenolic OH excluding ortho intramolecular Hbond substituents is 1. The summed E-state index contributed by atoms with van der Waals surface area (Å²) in [4.78, 5) is 24.2. The van der Waals surface area contributed by atoms with Crippen LogP contribution in [0.4, 0.5) is 0 Å². The third kappa shape index (κ3) is 4.04. The van der Waals surface area contributed by atoms with Gasteiger partial charge in [0.05, 0.1) is 12.2 Å². The highest BCUT2D eigenvalue weighted by Gasteiger charge is 2.27. The summed E-state index contributed by atoms with van der Waals surface area (Å²) in [6, 6.07) is 10.4. The standard InChI is InChI=1S/C21H19BrN2O4/c22-14-4-5-15-16(8-14)17(21(27)24-20(15)26)10-23-9-13-3-6-19(18(25)7-13)28-11-12-1-2-12/h3-8,10,12,23,25H,1-2,9,11H2,(H,24,26,27)/b17-10-. The summed E-state index contributed by atoms with van der Waals surface area (Å²) in [6.07, 6.45) is 3.97. The quantitative estimate of drug-likeness (QED) is 0.471. The molecule has 1 heterocycles.